The van der Waals surface area contributed by atoms with Crippen molar-refractivity contribution >= 4 is 76.2 Å². The van der Waals surface area contributed by atoms with Crippen molar-refractivity contribution in [2.24, 2.45) is 0 Å². The van der Waals surface area contributed by atoms with Gasteiger partial charge >= 0.3 is 0 Å². The van der Waals surface area contributed by atoms with Crippen LogP contribution in [-0.4, -0.2) is 15.0 Å². The van der Waals surface area contributed by atoms with E-state index in [1.54, 1.807) is 0 Å². The van der Waals surface area contributed by atoms with Gasteiger partial charge in [0, 0.05) is 32.7 Å². The van der Waals surface area contributed by atoms with Crippen molar-refractivity contribution < 1.29 is 8.83 Å². The van der Waals surface area contributed by atoms with E-state index in [0.29, 0.717) is 17.5 Å². The predicted octanol–water partition coefficient (Wildman–Crippen LogP) is 13.8. The van der Waals surface area contributed by atoms with E-state index >= 15 is 0 Å². The van der Waals surface area contributed by atoms with E-state index in [9.17, 15) is 0 Å². The molecule has 0 saturated carbocycles. The summed E-state index contributed by atoms with van der Waals surface area (Å²) < 4.78 is 12.8. The molecule has 0 N–H and O–H groups in total. The second kappa shape index (κ2) is 11.9. The van der Waals surface area contributed by atoms with Gasteiger partial charge in [-0.05, 0) is 79.8 Å². The van der Waals surface area contributed by atoms with Crippen LogP contribution in [0.4, 0.5) is 0 Å². The van der Waals surface area contributed by atoms with Crippen LogP contribution < -0.4 is 0 Å². The topological polar surface area (TPSA) is 65.0 Å². The van der Waals surface area contributed by atoms with E-state index in [1.807, 2.05) is 42.5 Å². The first-order valence-corrected chi connectivity index (χ1v) is 18.8. The zero-order chi connectivity index (χ0) is 36.7. The van der Waals surface area contributed by atoms with Gasteiger partial charge in [-0.3, -0.25) is 0 Å². The van der Waals surface area contributed by atoms with E-state index in [2.05, 4.69) is 133 Å². The minimum atomic E-state index is 0.551. The molecular formula is C51H29N3O2. The fraction of sp³-hybridized carbons (Fsp3) is 0. The maximum absolute atomic E-state index is 6.54. The van der Waals surface area contributed by atoms with Gasteiger partial charge in [0.2, 0.25) is 0 Å². The highest BCUT2D eigenvalue weighted by Crippen LogP contribution is 2.43. The summed E-state index contributed by atoms with van der Waals surface area (Å²) in [6.07, 6.45) is 0. The van der Waals surface area contributed by atoms with E-state index < -0.39 is 0 Å². The van der Waals surface area contributed by atoms with Crippen molar-refractivity contribution in [1.29, 1.82) is 0 Å². The molecule has 12 aromatic rings. The maximum atomic E-state index is 6.54. The molecule has 0 atom stereocenters. The van der Waals surface area contributed by atoms with Crippen LogP contribution in [0.15, 0.2) is 185 Å². The van der Waals surface area contributed by atoms with Gasteiger partial charge in [-0.25, -0.2) is 15.0 Å². The minimum absolute atomic E-state index is 0.551. The zero-order valence-electron chi connectivity index (χ0n) is 29.9. The minimum Gasteiger partial charge on any atom is -0.456 e. The number of benzene rings is 9. The van der Waals surface area contributed by atoms with Crippen LogP contribution in [0.2, 0.25) is 0 Å². The number of hydrogen-bond acceptors (Lipinski definition) is 5. The highest BCUT2D eigenvalue weighted by molar-refractivity contribution is 6.17. The first kappa shape index (κ1) is 30.8. The van der Waals surface area contributed by atoms with Crippen LogP contribution in [0.1, 0.15) is 0 Å². The van der Waals surface area contributed by atoms with E-state index in [0.717, 1.165) is 98.6 Å². The van der Waals surface area contributed by atoms with Crippen LogP contribution in [-0.2, 0) is 0 Å². The Morgan fingerprint density at radius 2 is 0.786 bits per heavy atom. The molecular weight excluding hydrogens is 687 g/mol. The molecule has 260 valence electrons. The van der Waals surface area contributed by atoms with Gasteiger partial charge < -0.3 is 8.83 Å². The lowest BCUT2D eigenvalue weighted by atomic mass is 9.92. The molecule has 0 aliphatic carbocycles. The molecule has 0 aliphatic heterocycles. The lowest BCUT2D eigenvalue weighted by Gasteiger charge is -2.15. The largest absolute Gasteiger partial charge is 0.456 e. The van der Waals surface area contributed by atoms with Crippen LogP contribution in [0.25, 0.3) is 121 Å². The molecule has 0 saturated heterocycles. The molecule has 12 rings (SSSR count). The van der Waals surface area contributed by atoms with E-state index in [4.69, 9.17) is 23.8 Å². The predicted molar refractivity (Wildman–Crippen MR) is 229 cm³/mol. The first-order valence-electron chi connectivity index (χ1n) is 18.8. The summed E-state index contributed by atoms with van der Waals surface area (Å²) in [5.41, 5.74) is 8.23. The molecule has 9 aromatic carbocycles. The third kappa shape index (κ3) is 4.58. The second-order valence-corrected chi connectivity index (χ2v) is 14.3. The van der Waals surface area contributed by atoms with Crippen LogP contribution in [0.5, 0.6) is 0 Å². The molecule has 3 aromatic heterocycles. The van der Waals surface area contributed by atoms with Gasteiger partial charge in [0.25, 0.3) is 0 Å². The number of fused-ring (bicyclic) bond motifs is 10. The van der Waals surface area contributed by atoms with Crippen LogP contribution in [0, 0.1) is 0 Å². The second-order valence-electron chi connectivity index (χ2n) is 14.3. The monoisotopic (exact) mass is 715 g/mol. The van der Waals surface area contributed by atoms with E-state index in [-0.39, 0.29) is 0 Å². The van der Waals surface area contributed by atoms with Crippen molar-refractivity contribution in [3.8, 4) is 45.3 Å². The van der Waals surface area contributed by atoms with Crippen molar-refractivity contribution in [3.63, 3.8) is 0 Å². The number of para-hydroxylation sites is 3. The molecule has 0 amide bonds. The summed E-state index contributed by atoms with van der Waals surface area (Å²) in [6.45, 7) is 0. The number of rotatable bonds is 4. The average Bonchev–Trinajstić information content (AvgIpc) is 3.84. The Balaban J connectivity index is 1.14. The SMILES string of the molecule is c1ccc2c(c1)cc(-c1nc(-c3ccc(-c4cccc5oc6ccccc6c45)c4ccccc34)nc(-c3cccc4c3oc3ccccc34)n1)c1ccccc12. The lowest BCUT2D eigenvalue weighted by Crippen LogP contribution is -2.01. The standard InChI is InChI=1S/C51H29N3O2/c1-2-14-31-30(13-1)29-43(35-18-6-3-15-32(31)35)51-53-49(52-50(54-51)42-23-11-22-39-37-19-7-9-24-44(37)56-48(39)42)40-28-27-36(33-16-4-5-17-34(33)40)38-21-12-26-46-47(38)41-20-8-10-25-45(41)55-46/h1-29H. The number of hydrogen-bond donors (Lipinski definition) is 0. The Labute approximate surface area is 320 Å². The van der Waals surface area contributed by atoms with Gasteiger partial charge in [0.15, 0.2) is 17.5 Å². The smallest absolute Gasteiger partial charge is 0.167 e. The molecule has 0 bridgehead atoms. The summed E-state index contributed by atoms with van der Waals surface area (Å²) in [7, 11) is 0. The number of aromatic nitrogens is 3. The highest BCUT2D eigenvalue weighted by atomic mass is 16.3. The Kier molecular flexibility index (Phi) is 6.56. The Bertz CT molecular complexity index is 3560. The van der Waals surface area contributed by atoms with Gasteiger partial charge in [0.1, 0.15) is 22.3 Å². The highest BCUT2D eigenvalue weighted by Gasteiger charge is 2.21. The molecule has 5 nitrogen and oxygen atoms in total. The Morgan fingerprint density at radius 3 is 1.57 bits per heavy atom. The van der Waals surface area contributed by atoms with Crippen molar-refractivity contribution in [1.82, 2.24) is 15.0 Å². The fourth-order valence-corrected chi connectivity index (χ4v) is 8.63. The van der Waals surface area contributed by atoms with Crippen LogP contribution in [0.3, 0.4) is 0 Å². The number of nitrogens with zero attached hydrogens (tertiary/aromatic N) is 3. The first-order chi connectivity index (χ1) is 27.8. The Hall–Kier alpha value is -7.63. The quantitative estimate of drug-likeness (QED) is 0.170. The average molecular weight is 716 g/mol. The number of furan rings is 2. The molecule has 3 heterocycles. The normalized spacial score (nSPS) is 11.9. The molecule has 0 aliphatic rings. The van der Waals surface area contributed by atoms with Gasteiger partial charge in [0.05, 0.1) is 5.56 Å². The Morgan fingerprint density at radius 1 is 0.286 bits per heavy atom. The maximum Gasteiger partial charge on any atom is 0.167 e. The fourth-order valence-electron chi connectivity index (χ4n) is 8.63. The summed E-state index contributed by atoms with van der Waals surface area (Å²) in [6, 6.07) is 61.0. The van der Waals surface area contributed by atoms with Crippen LogP contribution >= 0.6 is 0 Å². The van der Waals surface area contributed by atoms with Gasteiger partial charge in [-0.15, -0.1) is 0 Å². The molecule has 0 spiro atoms. The summed E-state index contributed by atoms with van der Waals surface area (Å²) >= 11 is 0. The molecule has 56 heavy (non-hydrogen) atoms. The molecule has 0 unspecified atom stereocenters. The third-order valence-electron chi connectivity index (χ3n) is 11.1. The summed E-state index contributed by atoms with van der Waals surface area (Å²) in [4.78, 5) is 15.9. The third-order valence-corrected chi connectivity index (χ3v) is 11.1. The van der Waals surface area contributed by atoms with Gasteiger partial charge in [-0.1, -0.05) is 140 Å². The van der Waals surface area contributed by atoms with Crippen molar-refractivity contribution in [2.75, 3.05) is 0 Å². The lowest BCUT2D eigenvalue weighted by molar-refractivity contribution is 0.669. The van der Waals surface area contributed by atoms with E-state index in [1.165, 1.54) is 5.39 Å². The van der Waals surface area contributed by atoms with Crippen molar-refractivity contribution in [2.45, 2.75) is 0 Å². The van der Waals surface area contributed by atoms with Gasteiger partial charge in [-0.2, -0.15) is 0 Å². The summed E-state index contributed by atoms with van der Waals surface area (Å²) in [5.74, 6) is 1.74. The zero-order valence-corrected chi connectivity index (χ0v) is 29.9. The molecule has 0 radical (unpaired) electrons. The van der Waals surface area contributed by atoms with Crippen molar-refractivity contribution in [3.05, 3.63) is 176 Å². The summed E-state index contributed by atoms with van der Waals surface area (Å²) in [5, 5.41) is 11.0. The molecule has 5 heteroatoms. The molecule has 0 fully saturated rings.